The molecule has 0 atom stereocenters. The summed E-state index contributed by atoms with van der Waals surface area (Å²) in [7, 11) is 0. The Morgan fingerprint density at radius 1 is 1.15 bits per heavy atom. The number of aryl methyl sites for hydroxylation is 1. The van der Waals surface area contributed by atoms with Gasteiger partial charge in [0, 0.05) is 12.1 Å². The van der Waals surface area contributed by atoms with Gasteiger partial charge in [-0.3, -0.25) is 14.9 Å². The largest absolute Gasteiger partial charge is 0.300 e. The molecular formula is C20H19N3O3S. The van der Waals surface area contributed by atoms with Crippen LogP contribution in [0.4, 0.5) is 11.4 Å². The van der Waals surface area contributed by atoms with Crippen LogP contribution in [0.25, 0.3) is 6.08 Å². The number of nitrogens with one attached hydrogen (secondary N) is 1. The first kappa shape index (κ1) is 18.8. The highest BCUT2D eigenvalue weighted by Crippen LogP contribution is 2.28. The number of nitro groups is 1. The van der Waals surface area contributed by atoms with Crippen LogP contribution in [0.5, 0.6) is 0 Å². The third kappa shape index (κ3) is 5.04. The van der Waals surface area contributed by atoms with E-state index in [4.69, 9.17) is 0 Å². The van der Waals surface area contributed by atoms with Crippen LogP contribution in [0, 0.1) is 10.1 Å². The standard InChI is InChI=1S/C20H19N3O3S/c1-2-3-4-14-5-9-16(10-6-14)21-20-22-19(24)18(27-20)13-15-7-11-17(12-8-15)23(25)26/h5-13H,2-4H2,1H3,(H,21,22,24)/b18-13-. The molecule has 3 rings (SSSR count). The first-order valence-corrected chi connectivity index (χ1v) is 9.50. The quantitative estimate of drug-likeness (QED) is 0.441. The lowest BCUT2D eigenvalue weighted by molar-refractivity contribution is -0.384. The van der Waals surface area contributed by atoms with Crippen molar-refractivity contribution in [2.45, 2.75) is 26.2 Å². The highest BCUT2D eigenvalue weighted by atomic mass is 32.2. The Morgan fingerprint density at radius 2 is 1.85 bits per heavy atom. The summed E-state index contributed by atoms with van der Waals surface area (Å²) in [5.41, 5.74) is 2.81. The first-order chi connectivity index (χ1) is 13.0. The molecule has 0 spiro atoms. The molecule has 1 heterocycles. The van der Waals surface area contributed by atoms with E-state index in [1.807, 2.05) is 12.1 Å². The molecule has 27 heavy (non-hydrogen) atoms. The second kappa shape index (κ2) is 8.64. The van der Waals surface area contributed by atoms with Crippen LogP contribution < -0.4 is 5.32 Å². The van der Waals surface area contributed by atoms with Crippen LogP contribution in [0.3, 0.4) is 0 Å². The number of carbonyl (C=O) groups excluding carboxylic acids is 1. The van der Waals surface area contributed by atoms with Gasteiger partial charge in [-0.05, 0) is 66.1 Å². The maximum atomic E-state index is 12.1. The summed E-state index contributed by atoms with van der Waals surface area (Å²) in [6, 6.07) is 14.1. The SMILES string of the molecule is CCCCc1ccc(N=C2NC(=O)/C(=C/c3ccc([N+](=O)[O-])cc3)S2)cc1. The van der Waals surface area contributed by atoms with Crippen LogP contribution in [0.1, 0.15) is 30.9 Å². The fraction of sp³-hybridized carbons (Fsp3) is 0.200. The molecule has 1 N–H and O–H groups in total. The fourth-order valence-electron chi connectivity index (χ4n) is 2.56. The molecule has 1 aliphatic heterocycles. The summed E-state index contributed by atoms with van der Waals surface area (Å²) in [6.07, 6.45) is 5.08. The number of carbonyl (C=O) groups is 1. The molecule has 1 fully saturated rings. The zero-order chi connectivity index (χ0) is 19.2. The number of non-ortho nitro benzene ring substituents is 1. The minimum absolute atomic E-state index is 0.0188. The number of benzene rings is 2. The van der Waals surface area contributed by atoms with Gasteiger partial charge in [-0.1, -0.05) is 25.5 Å². The van der Waals surface area contributed by atoms with Crippen LogP contribution in [0.2, 0.25) is 0 Å². The van der Waals surface area contributed by atoms with Gasteiger partial charge in [-0.2, -0.15) is 0 Å². The third-order valence-electron chi connectivity index (χ3n) is 4.04. The minimum Gasteiger partial charge on any atom is -0.300 e. The van der Waals surface area contributed by atoms with E-state index >= 15 is 0 Å². The Labute approximate surface area is 161 Å². The molecule has 2 aromatic rings. The maximum absolute atomic E-state index is 12.1. The summed E-state index contributed by atoms with van der Waals surface area (Å²) < 4.78 is 0. The fourth-order valence-corrected chi connectivity index (χ4v) is 3.40. The van der Waals surface area contributed by atoms with Crippen LogP contribution in [-0.2, 0) is 11.2 Å². The molecule has 138 valence electrons. The summed E-state index contributed by atoms with van der Waals surface area (Å²) in [4.78, 5) is 27.4. The number of aliphatic imine (C=N–C) groups is 1. The average Bonchev–Trinajstić information content (AvgIpc) is 3.00. The van der Waals surface area contributed by atoms with E-state index in [1.165, 1.54) is 29.5 Å². The van der Waals surface area contributed by atoms with Crippen molar-refractivity contribution in [2.24, 2.45) is 4.99 Å². The molecule has 1 saturated heterocycles. The monoisotopic (exact) mass is 381 g/mol. The highest BCUT2D eigenvalue weighted by molar-refractivity contribution is 8.18. The number of amides is 1. The lowest BCUT2D eigenvalue weighted by atomic mass is 10.1. The highest BCUT2D eigenvalue weighted by Gasteiger charge is 2.23. The van der Waals surface area contributed by atoms with Gasteiger partial charge in [0.25, 0.3) is 11.6 Å². The van der Waals surface area contributed by atoms with Crippen LogP contribution in [0.15, 0.2) is 58.4 Å². The Balaban J connectivity index is 1.70. The summed E-state index contributed by atoms with van der Waals surface area (Å²) >= 11 is 1.25. The number of nitro benzene ring substituents is 1. The van der Waals surface area contributed by atoms with Crippen molar-refractivity contribution < 1.29 is 9.72 Å². The molecule has 0 aliphatic carbocycles. The molecule has 0 saturated carbocycles. The molecule has 0 radical (unpaired) electrons. The lowest BCUT2D eigenvalue weighted by Crippen LogP contribution is -2.19. The topological polar surface area (TPSA) is 84.6 Å². The molecule has 2 aromatic carbocycles. The minimum atomic E-state index is -0.452. The summed E-state index contributed by atoms with van der Waals surface area (Å²) in [5, 5.41) is 14.0. The zero-order valence-corrected chi connectivity index (χ0v) is 15.7. The molecule has 1 amide bonds. The number of amidine groups is 1. The number of rotatable bonds is 6. The summed E-state index contributed by atoms with van der Waals surface area (Å²) in [5.74, 6) is -0.225. The molecule has 7 heteroatoms. The number of unbranched alkanes of at least 4 members (excludes halogenated alkanes) is 1. The lowest BCUT2D eigenvalue weighted by Gasteiger charge is -2.01. The number of thioether (sulfide) groups is 1. The van der Waals surface area contributed by atoms with Gasteiger partial charge in [0.2, 0.25) is 0 Å². The van der Waals surface area contributed by atoms with E-state index in [-0.39, 0.29) is 11.6 Å². The van der Waals surface area contributed by atoms with Crippen molar-refractivity contribution in [3.63, 3.8) is 0 Å². The number of hydrogen-bond acceptors (Lipinski definition) is 5. The van der Waals surface area contributed by atoms with E-state index in [2.05, 4.69) is 29.4 Å². The number of hydrogen-bond donors (Lipinski definition) is 1. The van der Waals surface area contributed by atoms with E-state index < -0.39 is 4.92 Å². The zero-order valence-electron chi connectivity index (χ0n) is 14.8. The van der Waals surface area contributed by atoms with Crippen LogP contribution >= 0.6 is 11.8 Å². The molecule has 0 unspecified atom stereocenters. The van der Waals surface area contributed by atoms with E-state index in [0.29, 0.717) is 10.1 Å². The van der Waals surface area contributed by atoms with Crippen molar-refractivity contribution in [1.82, 2.24) is 5.32 Å². The van der Waals surface area contributed by atoms with Crippen molar-refractivity contribution in [3.05, 3.63) is 74.7 Å². The first-order valence-electron chi connectivity index (χ1n) is 8.68. The smallest absolute Gasteiger partial charge is 0.269 e. The Hall–Kier alpha value is -2.93. The van der Waals surface area contributed by atoms with Crippen molar-refractivity contribution in [2.75, 3.05) is 0 Å². The molecule has 0 aromatic heterocycles. The van der Waals surface area contributed by atoms with Crippen molar-refractivity contribution in [3.8, 4) is 0 Å². The molecule has 0 bridgehead atoms. The predicted molar refractivity (Wildman–Crippen MR) is 109 cm³/mol. The Morgan fingerprint density at radius 3 is 2.48 bits per heavy atom. The average molecular weight is 381 g/mol. The predicted octanol–water partition coefficient (Wildman–Crippen LogP) is 4.83. The second-order valence-electron chi connectivity index (χ2n) is 6.10. The van der Waals surface area contributed by atoms with E-state index in [1.54, 1.807) is 18.2 Å². The Bertz CT molecular complexity index is 903. The van der Waals surface area contributed by atoms with E-state index in [9.17, 15) is 14.9 Å². The van der Waals surface area contributed by atoms with Crippen LogP contribution in [-0.4, -0.2) is 16.0 Å². The molecular weight excluding hydrogens is 362 g/mol. The molecule has 1 aliphatic rings. The van der Waals surface area contributed by atoms with E-state index in [0.717, 1.165) is 30.5 Å². The Kier molecular flexibility index (Phi) is 6.03. The molecule has 6 nitrogen and oxygen atoms in total. The third-order valence-corrected chi connectivity index (χ3v) is 4.95. The van der Waals surface area contributed by atoms with Crippen molar-refractivity contribution in [1.29, 1.82) is 0 Å². The second-order valence-corrected chi connectivity index (χ2v) is 7.13. The van der Waals surface area contributed by atoms with Gasteiger partial charge in [-0.25, -0.2) is 4.99 Å². The van der Waals surface area contributed by atoms with Gasteiger partial charge >= 0.3 is 0 Å². The van der Waals surface area contributed by atoms with Crippen molar-refractivity contribution >= 4 is 40.3 Å². The normalized spacial score (nSPS) is 16.7. The van der Waals surface area contributed by atoms with Gasteiger partial charge in [-0.15, -0.1) is 0 Å². The maximum Gasteiger partial charge on any atom is 0.269 e. The number of nitrogens with zero attached hydrogens (tertiary/aromatic N) is 2. The van der Waals surface area contributed by atoms with Gasteiger partial charge in [0.05, 0.1) is 15.5 Å². The van der Waals surface area contributed by atoms with Gasteiger partial charge in [0.15, 0.2) is 5.17 Å². The van der Waals surface area contributed by atoms with Gasteiger partial charge < -0.3 is 5.32 Å². The summed E-state index contributed by atoms with van der Waals surface area (Å²) in [6.45, 7) is 2.17. The van der Waals surface area contributed by atoms with Gasteiger partial charge in [0.1, 0.15) is 0 Å².